The van der Waals surface area contributed by atoms with Gasteiger partial charge in [-0.05, 0) is 166 Å². The molecule has 5 aromatic heterocycles. The van der Waals surface area contributed by atoms with Gasteiger partial charge in [-0.25, -0.2) is 0 Å². The Morgan fingerprint density at radius 2 is 0.513 bits per heavy atom. The Labute approximate surface area is 699 Å². The molecule has 20 aromatic rings. The molecule has 0 aliphatic heterocycles. The molecule has 0 aliphatic rings. The van der Waals surface area contributed by atoms with Gasteiger partial charge in [-0.3, -0.25) is 0 Å². The van der Waals surface area contributed by atoms with Crippen molar-refractivity contribution in [2.75, 3.05) is 0 Å². The zero-order valence-electron chi connectivity index (χ0n) is 78.1. The lowest BCUT2D eigenvalue weighted by atomic mass is 9.83. The van der Waals surface area contributed by atoms with Crippen LogP contribution in [-0.4, -0.2) is 4.57 Å². The maximum absolute atomic E-state index is 8.42. The topological polar surface area (TPSA) is 31.2 Å². The van der Waals surface area contributed by atoms with Gasteiger partial charge < -0.3 is 13.4 Å². The molecule has 5 heterocycles. The molecule has 0 radical (unpaired) electrons. The molecule has 0 spiro atoms. The van der Waals surface area contributed by atoms with Crippen LogP contribution in [0.4, 0.5) is 0 Å². The molecule has 3 nitrogen and oxygen atoms in total. The van der Waals surface area contributed by atoms with E-state index in [1.807, 2.05) is 47.7 Å². The van der Waals surface area contributed by atoms with Crippen molar-refractivity contribution in [1.82, 2.24) is 4.57 Å². The molecule has 570 valence electrons. The number of thiophene rings is 2. The molecule has 115 heavy (non-hydrogen) atoms. The van der Waals surface area contributed by atoms with E-state index in [0.29, 0.717) is 16.7 Å². The standard InChI is InChI=1S/C22H21N.2C22H20O.2C22H20S/c1-22(2,3)18-12-6-9-15-21(18)23-19-13-7-4-10-16(19)17-11-5-8-14-20(17)23;4*1-22(2,3)17-12-8-14-19-21(17)20-16(11-7-13-18(20)23-19)15-9-5-4-6-10-15/h4-15H,1-3H3;4*4-14H,1-3H3/i;4D,5D,6D,9D,10D;;4D,5D,6D,9D,10D;. The van der Waals surface area contributed by atoms with Crippen LogP contribution in [0.2, 0.25) is 0 Å². The van der Waals surface area contributed by atoms with Crippen molar-refractivity contribution in [1.29, 1.82) is 0 Å². The van der Waals surface area contributed by atoms with E-state index in [1.54, 1.807) is 23.5 Å². The number of furan rings is 2. The van der Waals surface area contributed by atoms with Crippen LogP contribution < -0.4 is 0 Å². The van der Waals surface area contributed by atoms with Crippen molar-refractivity contribution in [3.8, 4) is 50.2 Å². The van der Waals surface area contributed by atoms with Crippen molar-refractivity contribution >= 4 is 129 Å². The summed E-state index contributed by atoms with van der Waals surface area (Å²) in [5, 5.41) is 11.7. The quantitative estimate of drug-likeness (QED) is 0.172. The van der Waals surface area contributed by atoms with E-state index in [1.165, 1.54) is 103 Å². The molecule has 0 atom stereocenters. The lowest BCUT2D eigenvalue weighted by Crippen LogP contribution is -2.15. The monoisotopic (exact) mass is 1540 g/mol. The van der Waals surface area contributed by atoms with Crippen LogP contribution in [0.1, 0.15) is 145 Å². The highest BCUT2D eigenvalue weighted by Gasteiger charge is 2.28. The summed E-state index contributed by atoms with van der Waals surface area (Å²) < 4.78 is 101. The number of nitrogens with zero attached hydrogens (tertiary/aromatic N) is 1. The summed E-state index contributed by atoms with van der Waals surface area (Å²) >= 11 is 3.57. The molecule has 0 unspecified atom stereocenters. The summed E-state index contributed by atoms with van der Waals surface area (Å²) in [5.41, 5.74) is 20.4. The Kier molecular flexibility index (Phi) is 17.8. The highest BCUT2D eigenvalue weighted by atomic mass is 32.1. The molecule has 15 aromatic carbocycles. The fourth-order valence-corrected chi connectivity index (χ4v) is 18.7. The predicted octanol–water partition coefficient (Wildman–Crippen LogP) is 33.2. The van der Waals surface area contributed by atoms with Crippen molar-refractivity contribution in [2.24, 2.45) is 0 Å². The molecule has 0 saturated heterocycles. The van der Waals surface area contributed by atoms with Gasteiger partial charge in [0.1, 0.15) is 22.3 Å². The Morgan fingerprint density at radius 3 is 0.904 bits per heavy atom. The third kappa shape index (κ3) is 15.3. The SMILES string of the molecule is CC(C)(C)c1cccc2oc3cccc(-c4ccccc4)c3c12.CC(C)(C)c1cccc2sc3cccc(-c4ccccc4)c3c12.CC(C)(C)c1ccccc1-n1c2ccccc2c2ccccc21.[2H]c1c([2H])c([2H])c(-c2cccc3oc4cccc(C(C)(C)C)c4c23)c([2H])c1[2H].[2H]c1c([2H])c([2H])c(-c2cccc3sc4cccc(C(C)(C)C)c4c23)c([2H])c1[2H]. The first-order chi connectivity index (χ1) is 59.4. The smallest absolute Gasteiger partial charge is 0.136 e. The van der Waals surface area contributed by atoms with Crippen LogP contribution in [0.25, 0.3) is 156 Å². The third-order valence-corrected chi connectivity index (χ3v) is 23.8. The maximum Gasteiger partial charge on any atom is 0.136 e. The van der Waals surface area contributed by atoms with Gasteiger partial charge >= 0.3 is 0 Å². The Morgan fingerprint density at radius 1 is 0.235 bits per heavy atom. The number of hydrogen-bond acceptors (Lipinski definition) is 4. The highest BCUT2D eigenvalue weighted by Crippen LogP contribution is 2.49. The van der Waals surface area contributed by atoms with E-state index >= 15 is 0 Å². The van der Waals surface area contributed by atoms with E-state index < -0.39 is 6.04 Å². The van der Waals surface area contributed by atoms with Crippen LogP contribution >= 0.6 is 22.7 Å². The summed E-state index contributed by atoms with van der Waals surface area (Å²) in [6, 6.07) is 94.1. The second-order valence-electron chi connectivity index (χ2n) is 34.7. The summed E-state index contributed by atoms with van der Waals surface area (Å²) in [6.07, 6.45) is 0. The average Bonchev–Trinajstić information content (AvgIpc) is 1.63. The van der Waals surface area contributed by atoms with Crippen LogP contribution in [0.3, 0.4) is 0 Å². The minimum Gasteiger partial charge on any atom is -0.456 e. The second kappa shape index (κ2) is 31.2. The first-order valence-corrected chi connectivity index (χ1v) is 41.2. The normalized spacial score (nSPS) is 13.3. The minimum absolute atomic E-state index is 0.0696. The molecular formula is C110H101NO2S2. The van der Waals surface area contributed by atoms with E-state index in [9.17, 15) is 0 Å². The fraction of sp³-hybridized carbons (Fsp3) is 0.182. The fourth-order valence-electron chi connectivity index (χ4n) is 16.4. The molecule has 5 heteroatoms. The van der Waals surface area contributed by atoms with Crippen molar-refractivity contribution in [3.63, 3.8) is 0 Å². The molecular weight excluding hydrogens is 1430 g/mol. The zero-order valence-corrected chi connectivity index (χ0v) is 69.8. The third-order valence-electron chi connectivity index (χ3n) is 21.6. The first-order valence-electron chi connectivity index (χ1n) is 44.6. The van der Waals surface area contributed by atoms with Crippen LogP contribution in [0.15, 0.2) is 348 Å². The number of fused-ring (bicyclic) bond motifs is 15. The van der Waals surface area contributed by atoms with E-state index in [0.717, 1.165) is 53.3 Å². The number of aromatic nitrogens is 1. The van der Waals surface area contributed by atoms with Crippen LogP contribution in [0, 0.1) is 0 Å². The molecule has 0 saturated carbocycles. The second-order valence-corrected chi connectivity index (χ2v) is 36.9. The molecule has 0 aliphatic carbocycles. The summed E-state index contributed by atoms with van der Waals surface area (Å²) in [5.74, 6) is 0. The predicted molar refractivity (Wildman–Crippen MR) is 502 cm³/mol. The molecule has 0 bridgehead atoms. The Balaban J connectivity index is 0.000000116. The van der Waals surface area contributed by atoms with Gasteiger partial charge in [-0.15, -0.1) is 22.7 Å². The van der Waals surface area contributed by atoms with Crippen molar-refractivity contribution in [3.05, 3.63) is 367 Å². The van der Waals surface area contributed by atoms with E-state index in [4.69, 9.17) is 22.5 Å². The van der Waals surface area contributed by atoms with E-state index in [2.05, 4.69) is 339 Å². The first kappa shape index (κ1) is 65.5. The molecule has 0 fully saturated rings. The average molecular weight is 1540 g/mol. The van der Waals surface area contributed by atoms with Gasteiger partial charge in [0.2, 0.25) is 0 Å². The van der Waals surface area contributed by atoms with Gasteiger partial charge in [-0.2, -0.15) is 0 Å². The number of para-hydroxylation sites is 3. The van der Waals surface area contributed by atoms with Crippen molar-refractivity contribution in [2.45, 2.75) is 131 Å². The van der Waals surface area contributed by atoms with Gasteiger partial charge in [0, 0.05) is 78.3 Å². The minimum atomic E-state index is -0.390. The zero-order chi connectivity index (χ0) is 88.8. The maximum atomic E-state index is 8.42. The Bertz CT molecular complexity index is 7090. The molecule has 0 N–H and O–H groups in total. The van der Waals surface area contributed by atoms with E-state index in [-0.39, 0.29) is 92.6 Å². The van der Waals surface area contributed by atoms with Crippen LogP contribution in [-0.2, 0) is 27.1 Å². The van der Waals surface area contributed by atoms with Gasteiger partial charge in [0.05, 0.1) is 24.7 Å². The molecule has 20 rings (SSSR count). The summed E-state index contributed by atoms with van der Waals surface area (Å²) in [6.45, 7) is 33.4. The van der Waals surface area contributed by atoms with Gasteiger partial charge in [0.25, 0.3) is 0 Å². The van der Waals surface area contributed by atoms with Crippen LogP contribution in [0.5, 0.6) is 0 Å². The number of rotatable bonds is 5. The van der Waals surface area contributed by atoms with Crippen molar-refractivity contribution < 1.29 is 22.5 Å². The lowest BCUT2D eigenvalue weighted by molar-refractivity contribution is 0.587. The Hall–Kier alpha value is -11.9. The number of hydrogen-bond donors (Lipinski definition) is 0. The highest BCUT2D eigenvalue weighted by molar-refractivity contribution is 7.26. The largest absolute Gasteiger partial charge is 0.456 e. The summed E-state index contributed by atoms with van der Waals surface area (Å²) in [7, 11) is 0. The van der Waals surface area contributed by atoms with Gasteiger partial charge in [-0.1, -0.05) is 377 Å². The molecule has 0 amide bonds. The number of benzene rings is 15. The van der Waals surface area contributed by atoms with Gasteiger partial charge in [0.15, 0.2) is 0 Å². The summed E-state index contributed by atoms with van der Waals surface area (Å²) in [4.78, 5) is 0. The lowest BCUT2D eigenvalue weighted by Gasteiger charge is -2.24.